The van der Waals surface area contributed by atoms with Crippen molar-refractivity contribution in [3.05, 3.63) is 51.9 Å². The zero-order valence-electron chi connectivity index (χ0n) is 12.1. The van der Waals surface area contributed by atoms with Crippen molar-refractivity contribution >= 4 is 60.4 Å². The monoisotopic (exact) mass is 427 g/mol. The lowest BCUT2D eigenvalue weighted by atomic mass is 10.1. The lowest BCUT2D eigenvalue weighted by Gasteiger charge is -2.30. The third kappa shape index (κ3) is 3.39. The number of nitrogens with zero attached hydrogens (tertiary/aromatic N) is 1. The molecule has 0 aliphatic carbocycles. The van der Waals surface area contributed by atoms with Gasteiger partial charge in [0.25, 0.3) is 0 Å². The molecule has 0 bridgehead atoms. The van der Waals surface area contributed by atoms with Gasteiger partial charge in [-0.15, -0.1) is 11.3 Å². The Hall–Kier alpha value is -1.68. The number of anilines is 1. The highest BCUT2D eigenvalue weighted by atomic mass is 79.9. The summed E-state index contributed by atoms with van der Waals surface area (Å²) in [5.74, 6) is -1.20. The molecule has 2 aromatic heterocycles. The zero-order valence-corrected chi connectivity index (χ0v) is 15.4. The molecule has 2 unspecified atom stereocenters. The Bertz CT molecular complexity index is 908. The predicted molar refractivity (Wildman–Crippen MR) is 96.8 cm³/mol. The van der Waals surface area contributed by atoms with Gasteiger partial charge in [0.1, 0.15) is 11.0 Å². The Labute approximate surface area is 152 Å². The summed E-state index contributed by atoms with van der Waals surface area (Å²) in [6.07, 6.45) is 1.78. The third-order valence-corrected chi connectivity index (χ3v) is 6.10. The molecular weight excluding hydrogens is 416 g/mol. The molecule has 2 atom stereocenters. The van der Waals surface area contributed by atoms with Crippen LogP contribution < -0.4 is 4.31 Å². The number of carbonyl (C=O) groups is 1. The maximum atomic E-state index is 11.8. The number of rotatable bonds is 6. The number of carboxylic acids is 1. The molecule has 2 N–H and O–H groups in total. The molecule has 0 fully saturated rings. The van der Waals surface area contributed by atoms with Gasteiger partial charge in [0.05, 0.1) is 3.79 Å². The first kappa shape index (κ1) is 17.2. The van der Waals surface area contributed by atoms with E-state index in [2.05, 4.69) is 20.9 Å². The quantitative estimate of drug-likeness (QED) is 0.589. The molecule has 24 heavy (non-hydrogen) atoms. The van der Waals surface area contributed by atoms with E-state index >= 15 is 0 Å². The maximum absolute atomic E-state index is 11.8. The normalized spacial score (nSPS) is 13.8. The molecule has 0 saturated heterocycles. The number of aromatic nitrogens is 1. The number of thiophene rings is 1. The second-order valence-electron chi connectivity index (χ2n) is 5.04. The minimum atomic E-state index is -2.70. The number of H-pyrrole nitrogens is 1. The van der Waals surface area contributed by atoms with Gasteiger partial charge in [-0.05, 0) is 39.7 Å². The number of hydrogen-bond donors (Lipinski definition) is 2. The fraction of sp³-hybridized carbons (Fsp3) is 0.133. The summed E-state index contributed by atoms with van der Waals surface area (Å²) in [5, 5.41) is 10.8. The molecule has 0 saturated carbocycles. The highest BCUT2D eigenvalue weighted by Crippen LogP contribution is 2.33. The number of aromatic amines is 1. The zero-order chi connectivity index (χ0) is 17.3. The number of carboxylic acid groups (broad SMARTS) is 1. The van der Waals surface area contributed by atoms with Crippen LogP contribution in [0.2, 0.25) is 0 Å². The number of benzene rings is 1. The second-order valence-corrected chi connectivity index (χ2v) is 8.31. The predicted octanol–water partition coefficient (Wildman–Crippen LogP) is 3.29. The number of fused-ring (bicyclic) bond motifs is 1. The third-order valence-electron chi connectivity index (χ3n) is 3.59. The molecule has 0 amide bonds. The van der Waals surface area contributed by atoms with Crippen molar-refractivity contribution in [3.8, 4) is 0 Å². The molecule has 0 radical (unpaired) electrons. The van der Waals surface area contributed by atoms with Crippen molar-refractivity contribution < 1.29 is 18.7 Å². The summed E-state index contributed by atoms with van der Waals surface area (Å²) in [4.78, 5) is 14.8. The Kier molecular flexibility index (Phi) is 5.04. The molecular formula is C15H12BrN2O4S2-. The summed E-state index contributed by atoms with van der Waals surface area (Å²) in [5.41, 5.74) is 1.63. The van der Waals surface area contributed by atoms with Gasteiger partial charge in [0.2, 0.25) is 0 Å². The van der Waals surface area contributed by atoms with Crippen molar-refractivity contribution in [1.82, 2.24) is 4.98 Å². The minimum Gasteiger partial charge on any atom is -0.755 e. The average Bonchev–Trinajstić information content (AvgIpc) is 3.13. The van der Waals surface area contributed by atoms with Crippen LogP contribution in [-0.2, 0) is 22.5 Å². The Balaban J connectivity index is 1.99. The van der Waals surface area contributed by atoms with E-state index in [-0.39, 0.29) is 6.42 Å². The number of aliphatic carboxylic acids is 1. The van der Waals surface area contributed by atoms with Gasteiger partial charge in [0, 0.05) is 34.8 Å². The molecule has 0 aliphatic rings. The van der Waals surface area contributed by atoms with Crippen molar-refractivity contribution in [1.29, 1.82) is 0 Å². The first-order valence-corrected chi connectivity index (χ1v) is 9.53. The highest BCUT2D eigenvalue weighted by molar-refractivity contribution is 9.11. The molecule has 1 aromatic carbocycles. The summed E-state index contributed by atoms with van der Waals surface area (Å²) < 4.78 is 25.0. The molecule has 0 aliphatic heterocycles. The smallest absolute Gasteiger partial charge is 0.327 e. The van der Waals surface area contributed by atoms with Gasteiger partial charge in [-0.1, -0.05) is 18.2 Å². The molecule has 126 valence electrons. The van der Waals surface area contributed by atoms with Crippen LogP contribution in [0.1, 0.15) is 5.56 Å². The van der Waals surface area contributed by atoms with E-state index in [9.17, 15) is 18.7 Å². The van der Waals surface area contributed by atoms with Crippen molar-refractivity contribution in [2.45, 2.75) is 12.5 Å². The van der Waals surface area contributed by atoms with Gasteiger partial charge in [0.15, 0.2) is 0 Å². The van der Waals surface area contributed by atoms with E-state index in [1.807, 2.05) is 24.3 Å². The van der Waals surface area contributed by atoms with Gasteiger partial charge in [-0.2, -0.15) is 0 Å². The molecule has 2 heterocycles. The first-order valence-electron chi connectivity index (χ1n) is 6.89. The van der Waals surface area contributed by atoms with E-state index < -0.39 is 23.3 Å². The topological polar surface area (TPSA) is 96.5 Å². The van der Waals surface area contributed by atoms with E-state index in [0.717, 1.165) is 35.9 Å². The SMILES string of the molecule is O=C(O)C(Cc1c[nH]c2ccccc12)N(c1ccc(Br)s1)S(=O)[O-]. The number of hydrogen-bond acceptors (Lipinski definition) is 4. The maximum Gasteiger partial charge on any atom is 0.327 e. The highest BCUT2D eigenvalue weighted by Gasteiger charge is 2.29. The van der Waals surface area contributed by atoms with Gasteiger partial charge in [-0.3, -0.25) is 8.51 Å². The van der Waals surface area contributed by atoms with Crippen LogP contribution in [0.15, 0.2) is 46.4 Å². The van der Waals surface area contributed by atoms with E-state index in [0.29, 0.717) is 5.00 Å². The van der Waals surface area contributed by atoms with E-state index in [4.69, 9.17) is 0 Å². The van der Waals surface area contributed by atoms with Gasteiger partial charge in [-0.25, -0.2) is 4.79 Å². The second kappa shape index (κ2) is 7.06. The van der Waals surface area contributed by atoms with Crippen LogP contribution in [0.5, 0.6) is 0 Å². The Morgan fingerprint density at radius 2 is 2.12 bits per heavy atom. The van der Waals surface area contributed by atoms with Crippen molar-refractivity contribution in [2.75, 3.05) is 4.31 Å². The molecule has 9 heteroatoms. The van der Waals surface area contributed by atoms with E-state index in [1.165, 1.54) is 0 Å². The van der Waals surface area contributed by atoms with Crippen LogP contribution in [0.4, 0.5) is 5.00 Å². The van der Waals surface area contributed by atoms with Crippen LogP contribution in [0, 0.1) is 0 Å². The fourth-order valence-corrected chi connectivity index (χ4v) is 4.73. The molecule has 3 rings (SSSR count). The lowest BCUT2D eigenvalue weighted by Crippen LogP contribution is -2.43. The average molecular weight is 428 g/mol. The van der Waals surface area contributed by atoms with Crippen LogP contribution in [0.3, 0.4) is 0 Å². The van der Waals surface area contributed by atoms with E-state index in [1.54, 1.807) is 18.3 Å². The van der Waals surface area contributed by atoms with Crippen LogP contribution >= 0.6 is 27.3 Å². The summed E-state index contributed by atoms with van der Waals surface area (Å²) >= 11 is 1.73. The van der Waals surface area contributed by atoms with Crippen molar-refractivity contribution in [2.24, 2.45) is 0 Å². The molecule has 6 nitrogen and oxygen atoms in total. The van der Waals surface area contributed by atoms with Crippen LogP contribution in [-0.4, -0.2) is 30.9 Å². The number of nitrogens with one attached hydrogen (secondary N) is 1. The molecule has 3 aromatic rings. The standard InChI is InChI=1S/C15H13BrN2O4S2/c16-13-5-6-14(23-13)18(24(21)22)12(15(19)20)7-9-8-17-11-4-2-1-3-10(9)11/h1-6,8,12,17H,7H2,(H,19,20)(H,21,22)/p-1. The largest absolute Gasteiger partial charge is 0.755 e. The Morgan fingerprint density at radius 3 is 2.75 bits per heavy atom. The first-order chi connectivity index (χ1) is 11.5. The minimum absolute atomic E-state index is 0.0584. The van der Waals surface area contributed by atoms with Crippen molar-refractivity contribution in [3.63, 3.8) is 0 Å². The lowest BCUT2D eigenvalue weighted by molar-refractivity contribution is -0.138. The summed E-state index contributed by atoms with van der Waals surface area (Å²) in [6, 6.07) is 9.53. The summed E-state index contributed by atoms with van der Waals surface area (Å²) in [6.45, 7) is 0. The number of halogens is 1. The fourth-order valence-electron chi connectivity index (χ4n) is 2.53. The number of para-hydroxylation sites is 1. The summed E-state index contributed by atoms with van der Waals surface area (Å²) in [7, 11) is 0. The van der Waals surface area contributed by atoms with Crippen LogP contribution in [0.25, 0.3) is 10.9 Å². The van der Waals surface area contributed by atoms with Gasteiger partial charge >= 0.3 is 5.97 Å². The molecule has 0 spiro atoms. The Morgan fingerprint density at radius 1 is 1.38 bits per heavy atom. The van der Waals surface area contributed by atoms with Gasteiger partial charge < -0.3 is 14.6 Å².